The fourth-order valence-electron chi connectivity index (χ4n) is 2.68. The van der Waals surface area contributed by atoms with Crippen molar-refractivity contribution < 1.29 is 0 Å². The maximum Gasteiger partial charge on any atom is 0.0538 e. The molecule has 0 bridgehead atoms. The molecule has 0 aromatic carbocycles. The Morgan fingerprint density at radius 2 is 1.68 bits per heavy atom. The number of rotatable bonds is 7. The van der Waals surface area contributed by atoms with Gasteiger partial charge in [0.2, 0.25) is 0 Å². The van der Waals surface area contributed by atoms with Crippen LogP contribution < -0.4 is 5.73 Å². The van der Waals surface area contributed by atoms with Crippen LogP contribution in [0.4, 0.5) is 0 Å². The second kappa shape index (κ2) is 7.06. The molecule has 0 aliphatic carbocycles. The number of hydrogen-bond acceptors (Lipinski definition) is 3. The summed E-state index contributed by atoms with van der Waals surface area (Å²) >= 11 is 0. The van der Waals surface area contributed by atoms with Gasteiger partial charge in [0, 0.05) is 37.9 Å². The second-order valence-electron chi connectivity index (χ2n) is 6.49. The molecule has 0 aliphatic heterocycles. The van der Waals surface area contributed by atoms with E-state index in [2.05, 4.69) is 50.8 Å². The SMILES string of the molecule is CC(C)CN(CC(C)C)C(c1cnn(C)c1)C(C)N. The Morgan fingerprint density at radius 3 is 2.00 bits per heavy atom. The number of nitrogens with zero attached hydrogens (tertiary/aromatic N) is 3. The number of hydrogen-bond donors (Lipinski definition) is 1. The highest BCUT2D eigenvalue weighted by Gasteiger charge is 2.26. The Morgan fingerprint density at radius 1 is 1.16 bits per heavy atom. The van der Waals surface area contributed by atoms with Crippen molar-refractivity contribution in [2.24, 2.45) is 24.6 Å². The average molecular weight is 266 g/mol. The van der Waals surface area contributed by atoms with Crippen molar-refractivity contribution in [2.75, 3.05) is 13.1 Å². The van der Waals surface area contributed by atoms with Crippen molar-refractivity contribution >= 4 is 0 Å². The average Bonchev–Trinajstić information content (AvgIpc) is 2.62. The van der Waals surface area contributed by atoms with Crippen LogP contribution in [-0.4, -0.2) is 33.8 Å². The van der Waals surface area contributed by atoms with Gasteiger partial charge < -0.3 is 5.73 Å². The van der Waals surface area contributed by atoms with E-state index >= 15 is 0 Å². The van der Waals surface area contributed by atoms with E-state index in [9.17, 15) is 0 Å². The Balaban J connectivity index is 2.97. The van der Waals surface area contributed by atoms with Crippen LogP contribution in [0.1, 0.15) is 46.2 Å². The summed E-state index contributed by atoms with van der Waals surface area (Å²) in [4.78, 5) is 2.51. The summed E-state index contributed by atoms with van der Waals surface area (Å²) < 4.78 is 1.85. The third kappa shape index (κ3) is 4.96. The molecule has 2 unspecified atom stereocenters. The van der Waals surface area contributed by atoms with Crippen LogP contribution in [0.15, 0.2) is 12.4 Å². The van der Waals surface area contributed by atoms with Crippen LogP contribution in [0.25, 0.3) is 0 Å². The monoisotopic (exact) mass is 266 g/mol. The quantitative estimate of drug-likeness (QED) is 0.824. The van der Waals surface area contributed by atoms with E-state index in [1.54, 1.807) is 0 Å². The topological polar surface area (TPSA) is 47.1 Å². The van der Waals surface area contributed by atoms with E-state index in [4.69, 9.17) is 5.73 Å². The van der Waals surface area contributed by atoms with Crippen molar-refractivity contribution in [1.82, 2.24) is 14.7 Å². The lowest BCUT2D eigenvalue weighted by Crippen LogP contribution is -2.42. The van der Waals surface area contributed by atoms with Gasteiger partial charge in [0.05, 0.1) is 12.2 Å². The lowest BCUT2D eigenvalue weighted by Gasteiger charge is -2.36. The van der Waals surface area contributed by atoms with E-state index in [1.807, 2.05) is 17.9 Å². The first-order valence-electron chi connectivity index (χ1n) is 7.29. The van der Waals surface area contributed by atoms with Crippen LogP contribution in [0.2, 0.25) is 0 Å². The van der Waals surface area contributed by atoms with E-state index in [-0.39, 0.29) is 12.1 Å². The third-order valence-electron chi connectivity index (χ3n) is 3.16. The number of aryl methyl sites for hydroxylation is 1. The van der Waals surface area contributed by atoms with E-state index in [0.717, 1.165) is 13.1 Å². The van der Waals surface area contributed by atoms with Crippen LogP contribution >= 0.6 is 0 Å². The highest BCUT2D eigenvalue weighted by molar-refractivity contribution is 5.13. The molecule has 19 heavy (non-hydrogen) atoms. The van der Waals surface area contributed by atoms with Gasteiger partial charge in [-0.05, 0) is 18.8 Å². The molecule has 0 aliphatic rings. The Bertz CT molecular complexity index is 358. The fraction of sp³-hybridized carbons (Fsp3) is 0.800. The minimum atomic E-state index is 0.0988. The molecule has 2 atom stereocenters. The lowest BCUT2D eigenvalue weighted by molar-refractivity contribution is 0.140. The molecular weight excluding hydrogens is 236 g/mol. The van der Waals surface area contributed by atoms with Gasteiger partial charge in [-0.15, -0.1) is 0 Å². The zero-order valence-electron chi connectivity index (χ0n) is 13.3. The number of nitrogens with two attached hydrogens (primary N) is 1. The normalized spacial score (nSPS) is 15.5. The standard InChI is InChI=1S/C15H30N4/c1-11(2)8-19(9-12(3)4)15(13(5)16)14-7-17-18(6)10-14/h7,10-13,15H,8-9,16H2,1-6H3. The Kier molecular flexibility index (Phi) is 6.01. The van der Waals surface area contributed by atoms with Gasteiger partial charge >= 0.3 is 0 Å². The molecule has 0 amide bonds. The maximum atomic E-state index is 6.25. The molecule has 1 aromatic rings. The summed E-state index contributed by atoms with van der Waals surface area (Å²) in [7, 11) is 1.96. The zero-order chi connectivity index (χ0) is 14.6. The highest BCUT2D eigenvalue weighted by atomic mass is 15.3. The molecule has 0 radical (unpaired) electrons. The Hall–Kier alpha value is -0.870. The molecule has 110 valence electrons. The predicted octanol–water partition coefficient (Wildman–Crippen LogP) is 2.42. The molecule has 4 heteroatoms. The fourth-order valence-corrected chi connectivity index (χ4v) is 2.68. The van der Waals surface area contributed by atoms with Gasteiger partial charge in [0.1, 0.15) is 0 Å². The Labute approximate surface area is 118 Å². The van der Waals surface area contributed by atoms with E-state index < -0.39 is 0 Å². The van der Waals surface area contributed by atoms with Gasteiger partial charge in [-0.2, -0.15) is 5.10 Å². The summed E-state index contributed by atoms with van der Waals surface area (Å²) in [6.45, 7) is 13.3. The molecule has 0 saturated heterocycles. The minimum Gasteiger partial charge on any atom is -0.326 e. The van der Waals surface area contributed by atoms with Crippen molar-refractivity contribution in [1.29, 1.82) is 0 Å². The van der Waals surface area contributed by atoms with Gasteiger partial charge in [-0.1, -0.05) is 27.7 Å². The van der Waals surface area contributed by atoms with Gasteiger partial charge in [-0.25, -0.2) is 0 Å². The van der Waals surface area contributed by atoms with Crippen molar-refractivity contribution in [3.05, 3.63) is 18.0 Å². The molecule has 1 heterocycles. The van der Waals surface area contributed by atoms with Crippen LogP contribution in [0, 0.1) is 11.8 Å². The molecular formula is C15H30N4. The molecule has 2 N–H and O–H groups in total. The molecule has 1 aromatic heterocycles. The maximum absolute atomic E-state index is 6.25. The van der Waals surface area contributed by atoms with Gasteiger partial charge in [0.25, 0.3) is 0 Å². The molecule has 4 nitrogen and oxygen atoms in total. The summed E-state index contributed by atoms with van der Waals surface area (Å²) in [6, 6.07) is 0.347. The molecule has 0 fully saturated rings. The lowest BCUT2D eigenvalue weighted by atomic mass is 9.99. The van der Waals surface area contributed by atoms with Crippen molar-refractivity contribution in [3.63, 3.8) is 0 Å². The van der Waals surface area contributed by atoms with Crippen LogP contribution in [-0.2, 0) is 7.05 Å². The zero-order valence-corrected chi connectivity index (χ0v) is 13.3. The summed E-state index contributed by atoms with van der Waals surface area (Å²) in [6.07, 6.45) is 4.03. The second-order valence-corrected chi connectivity index (χ2v) is 6.49. The van der Waals surface area contributed by atoms with E-state index in [0.29, 0.717) is 11.8 Å². The third-order valence-corrected chi connectivity index (χ3v) is 3.16. The first-order chi connectivity index (χ1) is 8.81. The van der Waals surface area contributed by atoms with E-state index in [1.165, 1.54) is 5.56 Å². The predicted molar refractivity (Wildman–Crippen MR) is 80.8 cm³/mol. The van der Waals surface area contributed by atoms with Crippen LogP contribution in [0.5, 0.6) is 0 Å². The first kappa shape index (κ1) is 16.2. The minimum absolute atomic E-state index is 0.0988. The van der Waals surface area contributed by atoms with Crippen molar-refractivity contribution in [3.8, 4) is 0 Å². The summed E-state index contributed by atoms with van der Waals surface area (Å²) in [5.41, 5.74) is 7.47. The number of aromatic nitrogens is 2. The largest absolute Gasteiger partial charge is 0.326 e. The summed E-state index contributed by atoms with van der Waals surface area (Å²) in [5.74, 6) is 1.27. The molecule has 1 rings (SSSR count). The molecule has 0 spiro atoms. The highest BCUT2D eigenvalue weighted by Crippen LogP contribution is 2.25. The molecule has 0 saturated carbocycles. The van der Waals surface area contributed by atoms with Crippen LogP contribution in [0.3, 0.4) is 0 Å². The summed E-state index contributed by atoms with van der Waals surface area (Å²) in [5, 5.41) is 4.30. The van der Waals surface area contributed by atoms with Gasteiger partial charge in [-0.3, -0.25) is 9.58 Å². The smallest absolute Gasteiger partial charge is 0.0538 e. The van der Waals surface area contributed by atoms with Gasteiger partial charge in [0.15, 0.2) is 0 Å². The first-order valence-corrected chi connectivity index (χ1v) is 7.29. The van der Waals surface area contributed by atoms with Crippen molar-refractivity contribution in [2.45, 2.75) is 46.7 Å².